The van der Waals surface area contributed by atoms with Crippen LogP contribution in [0.3, 0.4) is 0 Å². The minimum atomic E-state index is -0.426. The van der Waals surface area contributed by atoms with Crippen LogP contribution in [-0.2, 0) is 4.74 Å². The van der Waals surface area contributed by atoms with Gasteiger partial charge in [0.1, 0.15) is 5.60 Å². The van der Waals surface area contributed by atoms with Gasteiger partial charge in [-0.25, -0.2) is 4.79 Å². The summed E-state index contributed by atoms with van der Waals surface area (Å²) in [4.78, 5) is 11.5. The molecule has 1 aliphatic heterocycles. The third kappa shape index (κ3) is 4.08. The Morgan fingerprint density at radius 1 is 1.53 bits per heavy atom. The van der Waals surface area contributed by atoms with E-state index in [2.05, 4.69) is 17.6 Å². The molecule has 0 aromatic rings. The molecule has 1 amide bonds. The molecule has 1 aliphatic rings. The monoisotopic (exact) mass is 214 g/mol. The first-order valence-electron chi connectivity index (χ1n) is 5.65. The molecule has 4 nitrogen and oxygen atoms in total. The van der Waals surface area contributed by atoms with E-state index in [0.29, 0.717) is 5.92 Å². The van der Waals surface area contributed by atoms with Crippen molar-refractivity contribution in [2.45, 2.75) is 52.3 Å². The molecule has 1 heterocycles. The van der Waals surface area contributed by atoms with Crippen molar-refractivity contribution in [2.75, 3.05) is 6.54 Å². The van der Waals surface area contributed by atoms with Crippen molar-refractivity contribution in [2.24, 2.45) is 5.92 Å². The van der Waals surface area contributed by atoms with Crippen LogP contribution in [0.4, 0.5) is 4.79 Å². The normalized spacial score (nSPS) is 26.4. The summed E-state index contributed by atoms with van der Waals surface area (Å²) in [6, 6.07) is 0. The summed E-state index contributed by atoms with van der Waals surface area (Å²) in [6.07, 6.45) is 1.94. The summed E-state index contributed by atoms with van der Waals surface area (Å²) in [6.45, 7) is 8.71. The van der Waals surface area contributed by atoms with Gasteiger partial charge < -0.3 is 10.1 Å². The van der Waals surface area contributed by atoms with Crippen LogP contribution in [0.2, 0.25) is 0 Å². The standard InChI is InChI=1S/C11H22N2O2/c1-5-8-6-7-12-9(8)13-10(14)15-11(2,3)4/h8-9,12H,5-7H2,1-4H3,(H,13,14)/t8-,9-/m0/s1. The van der Waals surface area contributed by atoms with Gasteiger partial charge in [0, 0.05) is 0 Å². The molecule has 0 spiro atoms. The Bertz CT molecular complexity index is 223. The van der Waals surface area contributed by atoms with Gasteiger partial charge in [-0.05, 0) is 39.7 Å². The molecule has 4 heteroatoms. The van der Waals surface area contributed by atoms with Gasteiger partial charge >= 0.3 is 6.09 Å². The molecule has 0 aromatic carbocycles. The highest BCUT2D eigenvalue weighted by Gasteiger charge is 2.28. The first kappa shape index (κ1) is 12.3. The molecule has 2 N–H and O–H groups in total. The highest BCUT2D eigenvalue weighted by atomic mass is 16.6. The number of hydrogen-bond donors (Lipinski definition) is 2. The van der Waals surface area contributed by atoms with Crippen LogP contribution in [-0.4, -0.2) is 24.4 Å². The molecule has 1 rings (SSSR count). The highest BCUT2D eigenvalue weighted by Crippen LogP contribution is 2.17. The van der Waals surface area contributed by atoms with Crippen LogP contribution in [0.15, 0.2) is 0 Å². The summed E-state index contributed by atoms with van der Waals surface area (Å²) in [5.41, 5.74) is -0.426. The van der Waals surface area contributed by atoms with E-state index in [0.717, 1.165) is 19.4 Å². The molecule has 0 bridgehead atoms. The molecule has 1 fully saturated rings. The van der Waals surface area contributed by atoms with E-state index in [1.165, 1.54) is 0 Å². The third-order valence-electron chi connectivity index (χ3n) is 2.55. The number of nitrogens with one attached hydrogen (secondary N) is 2. The highest BCUT2D eigenvalue weighted by molar-refractivity contribution is 5.68. The number of hydrogen-bond acceptors (Lipinski definition) is 3. The Morgan fingerprint density at radius 3 is 2.73 bits per heavy atom. The van der Waals surface area contributed by atoms with Crippen LogP contribution in [0, 0.1) is 5.92 Å². The third-order valence-corrected chi connectivity index (χ3v) is 2.55. The Balaban J connectivity index is 2.37. The zero-order valence-corrected chi connectivity index (χ0v) is 10.1. The van der Waals surface area contributed by atoms with Crippen molar-refractivity contribution >= 4 is 6.09 Å². The fourth-order valence-electron chi connectivity index (χ4n) is 1.80. The minimum Gasteiger partial charge on any atom is -0.444 e. The summed E-state index contributed by atoms with van der Waals surface area (Å²) in [5, 5.41) is 6.13. The molecule has 15 heavy (non-hydrogen) atoms. The molecular formula is C11H22N2O2. The average Bonchev–Trinajstić information content (AvgIpc) is 2.48. The van der Waals surface area contributed by atoms with Gasteiger partial charge in [-0.2, -0.15) is 0 Å². The van der Waals surface area contributed by atoms with E-state index in [-0.39, 0.29) is 12.3 Å². The minimum absolute atomic E-state index is 0.0739. The first-order valence-corrected chi connectivity index (χ1v) is 5.65. The van der Waals surface area contributed by atoms with Crippen molar-refractivity contribution in [3.8, 4) is 0 Å². The van der Waals surface area contributed by atoms with Crippen molar-refractivity contribution < 1.29 is 9.53 Å². The van der Waals surface area contributed by atoms with Crippen molar-refractivity contribution in [3.05, 3.63) is 0 Å². The summed E-state index contributed by atoms with van der Waals surface area (Å²) < 4.78 is 5.20. The van der Waals surface area contributed by atoms with E-state index < -0.39 is 5.60 Å². The Kier molecular flexibility index (Phi) is 3.97. The SMILES string of the molecule is CC[C@H]1CCN[C@H]1NC(=O)OC(C)(C)C. The van der Waals surface area contributed by atoms with Crippen molar-refractivity contribution in [1.82, 2.24) is 10.6 Å². The lowest BCUT2D eigenvalue weighted by atomic mass is 10.0. The fourth-order valence-corrected chi connectivity index (χ4v) is 1.80. The van der Waals surface area contributed by atoms with E-state index in [1.54, 1.807) is 0 Å². The topological polar surface area (TPSA) is 50.4 Å². The summed E-state index contributed by atoms with van der Waals surface area (Å²) in [5.74, 6) is 0.525. The first-order chi connectivity index (χ1) is 6.92. The molecule has 0 saturated carbocycles. The van der Waals surface area contributed by atoms with Crippen LogP contribution in [0.25, 0.3) is 0 Å². The van der Waals surface area contributed by atoms with E-state index in [1.807, 2.05) is 20.8 Å². The zero-order valence-electron chi connectivity index (χ0n) is 10.1. The fraction of sp³-hybridized carbons (Fsp3) is 0.909. The second-order valence-electron chi connectivity index (χ2n) is 5.04. The largest absolute Gasteiger partial charge is 0.444 e. The number of ether oxygens (including phenoxy) is 1. The Hall–Kier alpha value is -0.770. The molecule has 1 saturated heterocycles. The Labute approximate surface area is 91.8 Å². The molecule has 0 aromatic heterocycles. The van der Waals surface area contributed by atoms with Crippen LogP contribution < -0.4 is 10.6 Å². The predicted molar refractivity (Wildman–Crippen MR) is 59.6 cm³/mol. The maximum absolute atomic E-state index is 11.5. The van der Waals surface area contributed by atoms with Gasteiger partial charge in [-0.3, -0.25) is 5.32 Å². The zero-order chi connectivity index (χ0) is 11.5. The average molecular weight is 214 g/mol. The van der Waals surface area contributed by atoms with Gasteiger partial charge in [0.05, 0.1) is 6.17 Å². The molecule has 2 atom stereocenters. The maximum Gasteiger partial charge on any atom is 0.408 e. The number of amides is 1. The number of alkyl carbamates (subject to hydrolysis) is 1. The predicted octanol–water partition coefficient (Wildman–Crippen LogP) is 1.86. The van der Waals surface area contributed by atoms with E-state index >= 15 is 0 Å². The van der Waals surface area contributed by atoms with Gasteiger partial charge in [0.2, 0.25) is 0 Å². The van der Waals surface area contributed by atoms with Crippen molar-refractivity contribution in [1.29, 1.82) is 0 Å². The second kappa shape index (κ2) is 4.84. The van der Waals surface area contributed by atoms with Gasteiger partial charge in [0.15, 0.2) is 0 Å². The second-order valence-corrected chi connectivity index (χ2v) is 5.04. The summed E-state index contributed by atoms with van der Waals surface area (Å²) in [7, 11) is 0. The number of rotatable bonds is 2. The van der Waals surface area contributed by atoms with Gasteiger partial charge in [-0.15, -0.1) is 0 Å². The lowest BCUT2D eigenvalue weighted by Crippen LogP contribution is -2.46. The van der Waals surface area contributed by atoms with E-state index in [4.69, 9.17) is 4.74 Å². The van der Waals surface area contributed by atoms with Crippen LogP contribution in [0.1, 0.15) is 40.5 Å². The molecule has 0 unspecified atom stereocenters. The summed E-state index contributed by atoms with van der Waals surface area (Å²) >= 11 is 0. The van der Waals surface area contributed by atoms with Crippen LogP contribution >= 0.6 is 0 Å². The number of carbonyl (C=O) groups excluding carboxylic acids is 1. The Morgan fingerprint density at radius 2 is 2.20 bits per heavy atom. The lowest BCUT2D eigenvalue weighted by molar-refractivity contribution is 0.0485. The van der Waals surface area contributed by atoms with Crippen LogP contribution in [0.5, 0.6) is 0 Å². The molecular weight excluding hydrogens is 192 g/mol. The molecule has 88 valence electrons. The quantitative estimate of drug-likeness (QED) is 0.737. The van der Waals surface area contributed by atoms with E-state index in [9.17, 15) is 4.79 Å². The smallest absolute Gasteiger partial charge is 0.408 e. The van der Waals surface area contributed by atoms with Crippen molar-refractivity contribution in [3.63, 3.8) is 0 Å². The van der Waals surface area contributed by atoms with Gasteiger partial charge in [0.25, 0.3) is 0 Å². The number of carbonyl (C=O) groups is 1. The molecule has 0 radical (unpaired) electrons. The molecule has 0 aliphatic carbocycles. The lowest BCUT2D eigenvalue weighted by Gasteiger charge is -2.24. The maximum atomic E-state index is 11.5. The van der Waals surface area contributed by atoms with Gasteiger partial charge in [-0.1, -0.05) is 13.3 Å².